The lowest BCUT2D eigenvalue weighted by molar-refractivity contribution is 0.414. The Bertz CT molecular complexity index is 576. The van der Waals surface area contributed by atoms with Gasteiger partial charge in [-0.2, -0.15) is 5.26 Å². The van der Waals surface area contributed by atoms with E-state index in [2.05, 4.69) is 11.1 Å². The van der Waals surface area contributed by atoms with Gasteiger partial charge in [-0.3, -0.25) is 0 Å². The molecule has 2 rings (SSSR count). The fourth-order valence-corrected chi connectivity index (χ4v) is 1.59. The average Bonchev–Trinajstić information content (AvgIpc) is 2.84. The highest BCUT2D eigenvalue weighted by Gasteiger charge is 2.00. The third kappa shape index (κ3) is 2.37. The number of benzene rings is 1. The lowest BCUT2D eigenvalue weighted by atomic mass is 10.1. The lowest BCUT2D eigenvalue weighted by Crippen LogP contribution is -1.85. The summed E-state index contributed by atoms with van der Waals surface area (Å²) in [6, 6.07) is 9.87. The van der Waals surface area contributed by atoms with E-state index in [9.17, 15) is 0 Å². The first kappa shape index (κ1) is 11.0. The molecule has 0 aliphatic heterocycles. The number of hydrogen-bond acceptors (Lipinski definition) is 2. The van der Waals surface area contributed by atoms with E-state index in [1.807, 2.05) is 36.4 Å². The molecule has 0 aliphatic rings. The topological polar surface area (TPSA) is 48.8 Å². The van der Waals surface area contributed by atoms with Gasteiger partial charge in [0.15, 0.2) is 0 Å². The first-order valence-corrected chi connectivity index (χ1v) is 5.23. The molecule has 1 N–H and O–H groups in total. The Morgan fingerprint density at radius 3 is 2.71 bits per heavy atom. The summed E-state index contributed by atoms with van der Waals surface area (Å²) in [6.07, 6.45) is 7.31. The summed E-state index contributed by atoms with van der Waals surface area (Å²) in [4.78, 5) is 2.91. The molecule has 0 atom stereocenters. The minimum atomic E-state index is 0.635. The van der Waals surface area contributed by atoms with Crippen LogP contribution in [0, 0.1) is 11.3 Å². The first-order chi connectivity index (χ1) is 8.35. The summed E-state index contributed by atoms with van der Waals surface area (Å²) in [6.45, 7) is 0. The molecule has 1 aromatic carbocycles. The van der Waals surface area contributed by atoms with Gasteiger partial charge < -0.3 is 9.72 Å². The Balaban J connectivity index is 2.30. The summed E-state index contributed by atoms with van der Waals surface area (Å²) in [5.74, 6) is 0.817. The van der Waals surface area contributed by atoms with Crippen molar-refractivity contribution in [1.29, 1.82) is 5.26 Å². The minimum Gasteiger partial charge on any atom is -0.496 e. The number of aromatic amines is 1. The number of H-pyrrole nitrogens is 1. The van der Waals surface area contributed by atoms with Crippen LogP contribution in [-0.4, -0.2) is 12.1 Å². The second kappa shape index (κ2) is 5.04. The molecular formula is C14H12N2O. The molecule has 0 fully saturated rings. The summed E-state index contributed by atoms with van der Waals surface area (Å²) in [7, 11) is 1.64. The van der Waals surface area contributed by atoms with Crippen LogP contribution < -0.4 is 4.74 Å². The molecular weight excluding hydrogens is 212 g/mol. The Hall–Kier alpha value is -2.47. The fraction of sp³-hybridized carbons (Fsp3) is 0.0714. The van der Waals surface area contributed by atoms with Crippen LogP contribution in [-0.2, 0) is 0 Å². The number of nitriles is 1. The number of para-hydroxylation sites is 1. The Labute approximate surface area is 100.0 Å². The van der Waals surface area contributed by atoms with Crippen LogP contribution >= 0.6 is 0 Å². The first-order valence-electron chi connectivity index (χ1n) is 5.23. The SMILES string of the molecule is COc1ccccc1/C=C/c1c[nH]cc1C#N. The summed E-state index contributed by atoms with van der Waals surface area (Å²) in [5.41, 5.74) is 2.50. The number of nitrogens with one attached hydrogen (secondary N) is 1. The van der Waals surface area contributed by atoms with Gasteiger partial charge in [0.25, 0.3) is 0 Å². The highest BCUT2D eigenvalue weighted by Crippen LogP contribution is 2.20. The maximum atomic E-state index is 8.88. The van der Waals surface area contributed by atoms with E-state index in [-0.39, 0.29) is 0 Å². The molecule has 2 aromatic rings. The fourth-order valence-electron chi connectivity index (χ4n) is 1.59. The van der Waals surface area contributed by atoms with Crippen LogP contribution in [0.2, 0.25) is 0 Å². The van der Waals surface area contributed by atoms with Crippen molar-refractivity contribution < 1.29 is 4.74 Å². The van der Waals surface area contributed by atoms with Gasteiger partial charge in [0, 0.05) is 23.5 Å². The van der Waals surface area contributed by atoms with Crippen molar-refractivity contribution in [2.75, 3.05) is 7.11 Å². The zero-order valence-electron chi connectivity index (χ0n) is 9.47. The molecule has 0 spiro atoms. The maximum absolute atomic E-state index is 8.88. The van der Waals surface area contributed by atoms with Crippen LogP contribution in [0.4, 0.5) is 0 Å². The number of nitrogens with zero attached hydrogens (tertiary/aromatic N) is 1. The van der Waals surface area contributed by atoms with Gasteiger partial charge in [0.1, 0.15) is 11.8 Å². The quantitative estimate of drug-likeness (QED) is 0.871. The largest absolute Gasteiger partial charge is 0.496 e. The molecule has 0 aliphatic carbocycles. The maximum Gasteiger partial charge on any atom is 0.126 e. The molecule has 3 heteroatoms. The molecule has 0 radical (unpaired) electrons. The van der Waals surface area contributed by atoms with Gasteiger partial charge in [-0.05, 0) is 6.07 Å². The zero-order valence-corrected chi connectivity index (χ0v) is 9.47. The van der Waals surface area contributed by atoms with Crippen molar-refractivity contribution in [2.45, 2.75) is 0 Å². The third-order valence-corrected chi connectivity index (χ3v) is 2.48. The van der Waals surface area contributed by atoms with Gasteiger partial charge in [-0.1, -0.05) is 30.4 Å². The molecule has 0 bridgehead atoms. The molecule has 17 heavy (non-hydrogen) atoms. The van der Waals surface area contributed by atoms with E-state index < -0.39 is 0 Å². The van der Waals surface area contributed by atoms with Crippen LogP contribution in [0.3, 0.4) is 0 Å². The molecule has 0 unspecified atom stereocenters. The highest BCUT2D eigenvalue weighted by atomic mass is 16.5. The van der Waals surface area contributed by atoms with Crippen molar-refractivity contribution in [3.63, 3.8) is 0 Å². The van der Waals surface area contributed by atoms with Crippen LogP contribution in [0.15, 0.2) is 36.7 Å². The van der Waals surface area contributed by atoms with E-state index >= 15 is 0 Å². The van der Waals surface area contributed by atoms with E-state index in [1.165, 1.54) is 0 Å². The van der Waals surface area contributed by atoms with Gasteiger partial charge in [0.2, 0.25) is 0 Å². The highest BCUT2D eigenvalue weighted by molar-refractivity contribution is 5.74. The third-order valence-electron chi connectivity index (χ3n) is 2.48. The Morgan fingerprint density at radius 2 is 1.94 bits per heavy atom. The van der Waals surface area contributed by atoms with E-state index in [4.69, 9.17) is 10.00 Å². The van der Waals surface area contributed by atoms with Gasteiger partial charge >= 0.3 is 0 Å². The van der Waals surface area contributed by atoms with Crippen molar-refractivity contribution in [2.24, 2.45) is 0 Å². The molecule has 0 amide bonds. The molecule has 0 saturated heterocycles. The monoisotopic (exact) mass is 224 g/mol. The lowest BCUT2D eigenvalue weighted by Gasteiger charge is -2.02. The second-order valence-electron chi connectivity index (χ2n) is 3.51. The predicted molar refractivity (Wildman–Crippen MR) is 67.4 cm³/mol. The van der Waals surface area contributed by atoms with Crippen LogP contribution in [0.5, 0.6) is 5.75 Å². The Morgan fingerprint density at radius 1 is 1.18 bits per heavy atom. The van der Waals surface area contributed by atoms with E-state index in [0.29, 0.717) is 5.56 Å². The summed E-state index contributed by atoms with van der Waals surface area (Å²) in [5, 5.41) is 8.88. The predicted octanol–water partition coefficient (Wildman–Crippen LogP) is 3.07. The van der Waals surface area contributed by atoms with Gasteiger partial charge in [0.05, 0.1) is 12.7 Å². The molecule has 0 saturated carbocycles. The molecule has 3 nitrogen and oxygen atoms in total. The number of rotatable bonds is 3. The standard InChI is InChI=1S/C14H12N2O/c1-17-14-5-3-2-4-11(14)6-7-12-9-16-10-13(12)8-15/h2-7,9-10,16H,1H3/b7-6+. The number of ether oxygens (including phenoxy) is 1. The minimum absolute atomic E-state index is 0.635. The Kier molecular flexibility index (Phi) is 3.27. The van der Waals surface area contributed by atoms with E-state index in [0.717, 1.165) is 16.9 Å². The number of aromatic nitrogens is 1. The van der Waals surface area contributed by atoms with Crippen molar-refractivity contribution in [1.82, 2.24) is 4.98 Å². The number of methoxy groups -OCH3 is 1. The van der Waals surface area contributed by atoms with Crippen LogP contribution in [0.1, 0.15) is 16.7 Å². The molecule has 84 valence electrons. The second-order valence-corrected chi connectivity index (χ2v) is 3.51. The van der Waals surface area contributed by atoms with Crippen molar-refractivity contribution >= 4 is 12.2 Å². The zero-order chi connectivity index (χ0) is 12.1. The van der Waals surface area contributed by atoms with Crippen molar-refractivity contribution in [3.05, 3.63) is 53.3 Å². The molecule has 1 heterocycles. The summed E-state index contributed by atoms with van der Waals surface area (Å²) < 4.78 is 5.25. The van der Waals surface area contributed by atoms with Gasteiger partial charge in [-0.15, -0.1) is 0 Å². The number of hydrogen-bond donors (Lipinski definition) is 1. The normalized spacial score (nSPS) is 10.4. The van der Waals surface area contributed by atoms with E-state index in [1.54, 1.807) is 19.5 Å². The van der Waals surface area contributed by atoms with Crippen LogP contribution in [0.25, 0.3) is 12.2 Å². The van der Waals surface area contributed by atoms with Gasteiger partial charge in [-0.25, -0.2) is 0 Å². The average molecular weight is 224 g/mol. The molecule has 1 aromatic heterocycles. The summed E-state index contributed by atoms with van der Waals surface area (Å²) >= 11 is 0. The smallest absolute Gasteiger partial charge is 0.126 e. The van der Waals surface area contributed by atoms with Crippen molar-refractivity contribution in [3.8, 4) is 11.8 Å².